The number of carbonyl (C=O) groups excluding carboxylic acids is 2. The van der Waals surface area contributed by atoms with Gasteiger partial charge in [-0.25, -0.2) is 0 Å². The van der Waals surface area contributed by atoms with Crippen molar-refractivity contribution in [3.8, 4) is 0 Å². The van der Waals surface area contributed by atoms with Crippen LogP contribution >= 0.6 is 0 Å². The van der Waals surface area contributed by atoms with E-state index in [4.69, 9.17) is 9.47 Å². The first kappa shape index (κ1) is 29.7. The van der Waals surface area contributed by atoms with E-state index in [9.17, 15) is 14.7 Å². The van der Waals surface area contributed by atoms with Crippen LogP contribution in [-0.2, 0) is 19.1 Å². The summed E-state index contributed by atoms with van der Waals surface area (Å²) in [5, 5.41) is 11.6. The minimum atomic E-state index is -1.46. The van der Waals surface area contributed by atoms with E-state index in [0.717, 1.165) is 25.7 Å². The predicted molar refractivity (Wildman–Crippen MR) is 159 cm³/mol. The van der Waals surface area contributed by atoms with Gasteiger partial charge in [0.2, 0.25) is 0 Å². The normalized spacial score (nSPS) is 53.6. The summed E-state index contributed by atoms with van der Waals surface area (Å²) in [6.07, 6.45) is 8.65. The van der Waals surface area contributed by atoms with Gasteiger partial charge in [-0.15, -0.1) is 0 Å². The van der Waals surface area contributed by atoms with Crippen molar-refractivity contribution >= 4 is 11.9 Å². The van der Waals surface area contributed by atoms with Crippen LogP contribution in [0.25, 0.3) is 0 Å². The third-order valence-corrected chi connectivity index (χ3v) is 15.3. The smallest absolute Gasteiger partial charge is 0.315 e. The molecule has 0 amide bonds. The highest BCUT2D eigenvalue weighted by atomic mass is 16.7. The lowest BCUT2D eigenvalue weighted by atomic mass is 9.31. The zero-order chi connectivity index (χ0) is 30.2. The minimum Gasteiger partial charge on any atom is -0.422 e. The zero-order valence-electron chi connectivity index (χ0n) is 27.3. The van der Waals surface area contributed by atoms with Gasteiger partial charge < -0.3 is 14.6 Å². The fraction of sp³-hybridized carbons (Fsp3) is 0.889. The molecule has 0 aromatic heterocycles. The van der Waals surface area contributed by atoms with Gasteiger partial charge in [0.05, 0.1) is 29.8 Å². The Morgan fingerprint density at radius 2 is 1.51 bits per heavy atom. The number of aliphatic hydroxyl groups excluding tert-OH is 1. The quantitative estimate of drug-likeness (QED) is 0.258. The SMILES string of the molecule is C=C(C)[C@@H]1CC[C@]2(C)CC[C@]3(C)[C@H](CC[C@H]4[C@]5(C)[C@H](CC[C@]43C)C(C)(C)[C@@H](O)CC53OC(=O)CC(C)(C)C(=O)O3)[C@@H]12. The Bertz CT molecular complexity index is 1170. The van der Waals surface area contributed by atoms with E-state index in [1.807, 2.05) is 0 Å². The van der Waals surface area contributed by atoms with Crippen LogP contribution in [0.1, 0.15) is 127 Å². The number of allylic oxidation sites excluding steroid dienone is 1. The first-order valence-corrected chi connectivity index (χ1v) is 16.6. The van der Waals surface area contributed by atoms with Crippen LogP contribution in [0, 0.1) is 62.1 Å². The highest BCUT2D eigenvalue weighted by Gasteiger charge is 2.78. The second-order valence-corrected chi connectivity index (χ2v) is 17.8. The molecule has 5 saturated carbocycles. The monoisotopic (exact) mass is 568 g/mol. The Morgan fingerprint density at radius 3 is 2.17 bits per heavy atom. The van der Waals surface area contributed by atoms with Gasteiger partial charge in [0.25, 0.3) is 5.79 Å². The van der Waals surface area contributed by atoms with Crippen LogP contribution in [-0.4, -0.2) is 28.9 Å². The van der Waals surface area contributed by atoms with Crippen molar-refractivity contribution < 1.29 is 24.2 Å². The van der Waals surface area contributed by atoms with E-state index < -0.39 is 22.7 Å². The number of rotatable bonds is 1. The molecule has 1 aliphatic heterocycles. The van der Waals surface area contributed by atoms with Crippen molar-refractivity contribution in [3.05, 3.63) is 12.2 Å². The molecule has 1 heterocycles. The lowest BCUT2D eigenvalue weighted by molar-refractivity contribution is -0.368. The van der Waals surface area contributed by atoms with Crippen molar-refractivity contribution in [2.75, 3.05) is 0 Å². The van der Waals surface area contributed by atoms with Crippen molar-refractivity contribution in [1.29, 1.82) is 0 Å². The summed E-state index contributed by atoms with van der Waals surface area (Å²) in [4.78, 5) is 27.1. The molecule has 0 aromatic carbocycles. The molecule has 5 heteroatoms. The van der Waals surface area contributed by atoms with Gasteiger partial charge in [-0.05, 0) is 123 Å². The maximum atomic E-state index is 13.7. The third kappa shape index (κ3) is 3.56. The van der Waals surface area contributed by atoms with E-state index in [0.29, 0.717) is 23.2 Å². The first-order chi connectivity index (χ1) is 18.8. The van der Waals surface area contributed by atoms with Crippen LogP contribution in [0.3, 0.4) is 0 Å². The van der Waals surface area contributed by atoms with Crippen molar-refractivity contribution in [2.24, 2.45) is 62.1 Å². The summed E-state index contributed by atoms with van der Waals surface area (Å²) in [5.74, 6) is -0.0774. The lowest BCUT2D eigenvalue weighted by Crippen LogP contribution is -2.74. The fourth-order valence-electron chi connectivity index (χ4n) is 12.6. The molecule has 230 valence electrons. The number of hydrogen-bond donors (Lipinski definition) is 1. The molecule has 6 fully saturated rings. The van der Waals surface area contributed by atoms with Crippen molar-refractivity contribution in [2.45, 2.75) is 138 Å². The number of esters is 2. The van der Waals surface area contributed by atoms with Crippen molar-refractivity contribution in [3.63, 3.8) is 0 Å². The summed E-state index contributed by atoms with van der Waals surface area (Å²) in [7, 11) is 0. The van der Waals surface area contributed by atoms with E-state index in [1.165, 1.54) is 31.3 Å². The van der Waals surface area contributed by atoms with Gasteiger partial charge in [-0.1, -0.05) is 53.7 Å². The van der Waals surface area contributed by atoms with E-state index in [1.54, 1.807) is 13.8 Å². The Balaban J connectivity index is 1.49. The van der Waals surface area contributed by atoms with E-state index >= 15 is 0 Å². The molecule has 1 N–H and O–H groups in total. The molecule has 5 nitrogen and oxygen atoms in total. The molecule has 1 unspecified atom stereocenters. The summed E-state index contributed by atoms with van der Waals surface area (Å²) >= 11 is 0. The van der Waals surface area contributed by atoms with Crippen molar-refractivity contribution in [1.82, 2.24) is 0 Å². The number of fused-ring (bicyclic) bond motifs is 8. The van der Waals surface area contributed by atoms with Gasteiger partial charge in [-0.2, -0.15) is 0 Å². The van der Waals surface area contributed by atoms with Crippen LogP contribution in [0.15, 0.2) is 12.2 Å². The lowest BCUT2D eigenvalue weighted by Gasteiger charge is -2.74. The second kappa shape index (κ2) is 8.63. The first-order valence-electron chi connectivity index (χ1n) is 16.6. The molecule has 11 atom stereocenters. The summed E-state index contributed by atoms with van der Waals surface area (Å²) in [5.41, 5.74) is -0.0858. The topological polar surface area (TPSA) is 72.8 Å². The maximum Gasteiger partial charge on any atom is 0.315 e. The Morgan fingerprint density at radius 1 is 0.829 bits per heavy atom. The second-order valence-electron chi connectivity index (χ2n) is 17.8. The molecule has 0 radical (unpaired) electrons. The van der Waals surface area contributed by atoms with Crippen LogP contribution in [0.2, 0.25) is 0 Å². The average Bonchev–Trinajstić information content (AvgIpc) is 3.17. The maximum absolute atomic E-state index is 13.7. The molecule has 0 bridgehead atoms. The Kier molecular flexibility index (Phi) is 6.25. The molecule has 6 rings (SSSR count). The largest absolute Gasteiger partial charge is 0.422 e. The van der Waals surface area contributed by atoms with Crippen LogP contribution in [0.5, 0.6) is 0 Å². The molecule has 1 spiro atoms. The molecule has 5 aliphatic carbocycles. The number of carbonyl (C=O) groups is 2. The number of ether oxygens (including phenoxy) is 2. The molecule has 0 aromatic rings. The van der Waals surface area contributed by atoms with Gasteiger partial charge >= 0.3 is 11.9 Å². The highest BCUT2D eigenvalue weighted by Crippen LogP contribution is 2.79. The zero-order valence-corrected chi connectivity index (χ0v) is 27.3. The summed E-state index contributed by atoms with van der Waals surface area (Å²) in [6, 6.07) is 0. The molecule has 1 saturated heterocycles. The van der Waals surface area contributed by atoms with Crippen LogP contribution < -0.4 is 0 Å². The minimum absolute atomic E-state index is 0.00189. The Labute approximate surface area is 248 Å². The van der Waals surface area contributed by atoms with E-state index in [2.05, 4.69) is 55.0 Å². The predicted octanol–water partition coefficient (Wildman–Crippen LogP) is 7.85. The van der Waals surface area contributed by atoms with Crippen LogP contribution in [0.4, 0.5) is 0 Å². The van der Waals surface area contributed by atoms with Gasteiger partial charge in [0.15, 0.2) is 0 Å². The van der Waals surface area contributed by atoms with Gasteiger partial charge in [0, 0.05) is 0 Å². The summed E-state index contributed by atoms with van der Waals surface area (Å²) < 4.78 is 12.9. The molecular weight excluding hydrogens is 512 g/mol. The summed E-state index contributed by atoms with van der Waals surface area (Å²) in [6.45, 7) is 24.6. The van der Waals surface area contributed by atoms with Gasteiger partial charge in [-0.3, -0.25) is 9.59 Å². The third-order valence-electron chi connectivity index (χ3n) is 15.3. The Hall–Kier alpha value is -1.36. The standard InChI is InChI=1S/C36H56O5/c1-21(2)22-13-15-32(7)17-18-33(8)23(28(22)32)11-12-25-34(33,9)16-14-24-31(5,6)26(37)19-36(35(24,25)10)40-27(38)20-30(3,4)29(39)41-36/h22-26,28,37H,1,11-20H2,2-10H3/t22-,23+,24+,25+,26-,28+,32+,33+,34+,35-,36?/m0/s1. The number of hydrogen-bond acceptors (Lipinski definition) is 5. The molecule has 6 aliphatic rings. The van der Waals surface area contributed by atoms with E-state index in [-0.39, 0.29) is 52.9 Å². The van der Waals surface area contributed by atoms with Gasteiger partial charge in [0.1, 0.15) is 0 Å². The number of aliphatic hydroxyl groups is 1. The highest BCUT2D eigenvalue weighted by molar-refractivity contribution is 5.85. The fourth-order valence-corrected chi connectivity index (χ4v) is 12.6. The molecule has 41 heavy (non-hydrogen) atoms. The average molecular weight is 569 g/mol. The molecular formula is C36H56O5.